The van der Waals surface area contributed by atoms with E-state index in [1.54, 1.807) is 4.68 Å². The molecule has 0 spiro atoms. The van der Waals surface area contributed by atoms with Gasteiger partial charge >= 0.3 is 0 Å². The fourth-order valence-electron chi connectivity index (χ4n) is 1.35. The minimum atomic E-state index is -0.353. The lowest BCUT2D eigenvalue weighted by Crippen LogP contribution is -2.34. The second kappa shape index (κ2) is 3.71. The molecule has 0 aliphatic carbocycles. The number of rotatable bonds is 3. The highest BCUT2D eigenvalue weighted by Gasteiger charge is 2.18. The molecule has 0 atom stereocenters. The largest absolute Gasteiger partial charge is 0.339 e. The number of aryl methyl sites for hydroxylation is 1. The maximum Gasteiger partial charge on any atom is 0.228 e. The van der Waals surface area contributed by atoms with Crippen molar-refractivity contribution in [2.75, 3.05) is 0 Å². The molecule has 2 aromatic rings. The van der Waals surface area contributed by atoms with Gasteiger partial charge in [-0.3, -0.25) is 4.68 Å². The van der Waals surface area contributed by atoms with Gasteiger partial charge in [-0.25, -0.2) is 0 Å². The number of hydrogen-bond donors (Lipinski definition) is 1. The first-order valence-corrected chi connectivity index (χ1v) is 5.05. The van der Waals surface area contributed by atoms with Gasteiger partial charge in [0.1, 0.15) is 5.69 Å². The lowest BCUT2D eigenvalue weighted by molar-refractivity contribution is 0.348. The number of hydrogen-bond acceptors (Lipinski definition) is 5. The Hall–Kier alpha value is -1.69. The molecule has 2 N–H and O–H groups in total. The maximum absolute atomic E-state index is 5.87. The van der Waals surface area contributed by atoms with Crippen molar-refractivity contribution in [2.24, 2.45) is 12.8 Å². The Morgan fingerprint density at radius 3 is 2.81 bits per heavy atom. The Bertz CT molecular complexity index is 479. The van der Waals surface area contributed by atoms with Crippen LogP contribution in [0.15, 0.2) is 16.8 Å². The fraction of sp³-hybridized carbons (Fsp3) is 0.500. The predicted molar refractivity (Wildman–Crippen MR) is 58.5 cm³/mol. The minimum absolute atomic E-state index is 0.353. The van der Waals surface area contributed by atoms with Crippen molar-refractivity contribution < 1.29 is 4.52 Å². The summed E-state index contributed by atoms with van der Waals surface area (Å²) in [5.74, 6) is 1.04. The Morgan fingerprint density at radius 2 is 2.25 bits per heavy atom. The highest BCUT2D eigenvalue weighted by molar-refractivity contribution is 5.46. The van der Waals surface area contributed by atoms with E-state index in [4.69, 9.17) is 10.3 Å². The molecule has 2 heterocycles. The van der Waals surface area contributed by atoms with E-state index in [0.29, 0.717) is 23.8 Å². The fourth-order valence-corrected chi connectivity index (χ4v) is 1.35. The van der Waals surface area contributed by atoms with Crippen molar-refractivity contribution >= 4 is 0 Å². The smallest absolute Gasteiger partial charge is 0.228 e. The van der Waals surface area contributed by atoms with Crippen molar-refractivity contribution in [3.8, 4) is 11.5 Å². The van der Waals surface area contributed by atoms with Gasteiger partial charge in [-0.15, -0.1) is 0 Å². The van der Waals surface area contributed by atoms with Gasteiger partial charge in [0.25, 0.3) is 0 Å². The summed E-state index contributed by atoms with van der Waals surface area (Å²) in [7, 11) is 1.84. The van der Waals surface area contributed by atoms with Crippen molar-refractivity contribution in [3.05, 3.63) is 18.2 Å². The van der Waals surface area contributed by atoms with Crippen LogP contribution in [0.2, 0.25) is 0 Å². The summed E-state index contributed by atoms with van der Waals surface area (Å²) in [6.07, 6.45) is 2.38. The monoisotopic (exact) mass is 221 g/mol. The summed E-state index contributed by atoms with van der Waals surface area (Å²) in [6, 6.07) is 1.84. The average Bonchev–Trinajstić information content (AvgIpc) is 2.71. The zero-order valence-corrected chi connectivity index (χ0v) is 9.64. The predicted octanol–water partition coefficient (Wildman–Crippen LogP) is 0.750. The molecule has 0 aliphatic rings. The molecule has 0 aromatic carbocycles. The molecule has 6 heteroatoms. The molecule has 0 bridgehead atoms. The third-order valence-corrected chi connectivity index (χ3v) is 2.02. The van der Waals surface area contributed by atoms with E-state index in [0.717, 1.165) is 0 Å². The van der Waals surface area contributed by atoms with Crippen molar-refractivity contribution in [1.82, 2.24) is 19.9 Å². The van der Waals surface area contributed by atoms with Crippen LogP contribution >= 0.6 is 0 Å². The van der Waals surface area contributed by atoms with Crippen LogP contribution in [0.5, 0.6) is 0 Å². The molecular formula is C10H15N5O. The quantitative estimate of drug-likeness (QED) is 0.826. The maximum atomic E-state index is 5.87. The normalized spacial score (nSPS) is 12.0. The third kappa shape index (κ3) is 2.46. The Labute approximate surface area is 93.4 Å². The van der Waals surface area contributed by atoms with E-state index in [-0.39, 0.29) is 5.54 Å². The van der Waals surface area contributed by atoms with Gasteiger partial charge in [0.05, 0.1) is 0 Å². The van der Waals surface area contributed by atoms with Gasteiger partial charge in [-0.1, -0.05) is 5.16 Å². The van der Waals surface area contributed by atoms with Gasteiger partial charge in [-0.2, -0.15) is 10.1 Å². The molecule has 16 heavy (non-hydrogen) atoms. The van der Waals surface area contributed by atoms with Gasteiger partial charge in [0.2, 0.25) is 11.7 Å². The van der Waals surface area contributed by atoms with Crippen LogP contribution in [-0.4, -0.2) is 25.5 Å². The zero-order valence-electron chi connectivity index (χ0n) is 9.64. The molecule has 0 fully saturated rings. The van der Waals surface area contributed by atoms with Crippen LogP contribution in [0.1, 0.15) is 19.7 Å². The molecule has 2 rings (SSSR count). The summed E-state index contributed by atoms with van der Waals surface area (Å²) < 4.78 is 6.81. The molecule has 0 unspecified atom stereocenters. The van der Waals surface area contributed by atoms with Crippen LogP contribution < -0.4 is 5.73 Å². The van der Waals surface area contributed by atoms with Crippen LogP contribution in [0, 0.1) is 0 Å². The topological polar surface area (TPSA) is 82.8 Å². The van der Waals surface area contributed by atoms with Gasteiger partial charge in [0, 0.05) is 25.2 Å². The summed E-state index contributed by atoms with van der Waals surface area (Å²) in [5, 5.41) is 8.06. The molecule has 2 aromatic heterocycles. The Kier molecular flexibility index (Phi) is 2.51. The molecule has 0 saturated heterocycles. The van der Waals surface area contributed by atoms with Crippen LogP contribution in [0.3, 0.4) is 0 Å². The lowest BCUT2D eigenvalue weighted by atomic mass is 10.0. The molecule has 86 valence electrons. The highest BCUT2D eigenvalue weighted by Crippen LogP contribution is 2.14. The van der Waals surface area contributed by atoms with Gasteiger partial charge < -0.3 is 10.3 Å². The summed E-state index contributed by atoms with van der Waals surface area (Å²) >= 11 is 0. The average molecular weight is 221 g/mol. The van der Waals surface area contributed by atoms with Gasteiger partial charge in [0.15, 0.2) is 0 Å². The second-order valence-electron chi connectivity index (χ2n) is 4.55. The Morgan fingerprint density at radius 1 is 1.50 bits per heavy atom. The molecule has 6 nitrogen and oxygen atoms in total. The molecule has 0 saturated carbocycles. The van der Waals surface area contributed by atoms with Gasteiger partial charge in [-0.05, 0) is 19.9 Å². The summed E-state index contributed by atoms with van der Waals surface area (Å²) in [6.45, 7) is 3.83. The molecule has 0 radical (unpaired) electrons. The standard InChI is InChI=1S/C10H15N5O/c1-10(2,11)6-8-12-9(14-16-8)7-4-5-15(3)13-7/h4-5H,6,11H2,1-3H3. The summed E-state index contributed by atoms with van der Waals surface area (Å²) in [5.41, 5.74) is 6.22. The SMILES string of the molecule is Cn1ccc(-c2noc(CC(C)(C)N)n2)n1. The van der Waals surface area contributed by atoms with Crippen LogP contribution in [-0.2, 0) is 13.5 Å². The van der Waals surface area contributed by atoms with Crippen LogP contribution in [0.25, 0.3) is 11.5 Å². The second-order valence-corrected chi connectivity index (χ2v) is 4.55. The van der Waals surface area contributed by atoms with E-state index in [1.807, 2.05) is 33.2 Å². The molecule has 0 aliphatic heterocycles. The van der Waals surface area contributed by atoms with Crippen molar-refractivity contribution in [1.29, 1.82) is 0 Å². The zero-order chi connectivity index (χ0) is 11.8. The number of nitrogens with zero attached hydrogens (tertiary/aromatic N) is 4. The first-order chi connectivity index (χ1) is 7.44. The lowest BCUT2D eigenvalue weighted by Gasteiger charge is -2.14. The number of nitrogens with two attached hydrogens (primary N) is 1. The van der Waals surface area contributed by atoms with Crippen molar-refractivity contribution in [2.45, 2.75) is 25.8 Å². The van der Waals surface area contributed by atoms with E-state index in [1.165, 1.54) is 0 Å². The van der Waals surface area contributed by atoms with Crippen LogP contribution in [0.4, 0.5) is 0 Å². The van der Waals surface area contributed by atoms with Crippen molar-refractivity contribution in [3.63, 3.8) is 0 Å². The first kappa shape index (κ1) is 10.8. The van der Waals surface area contributed by atoms with E-state index in [2.05, 4.69) is 15.2 Å². The summed E-state index contributed by atoms with van der Waals surface area (Å²) in [4.78, 5) is 4.25. The third-order valence-electron chi connectivity index (χ3n) is 2.02. The van der Waals surface area contributed by atoms with E-state index < -0.39 is 0 Å². The van der Waals surface area contributed by atoms with E-state index in [9.17, 15) is 0 Å². The molecule has 0 amide bonds. The van der Waals surface area contributed by atoms with E-state index >= 15 is 0 Å². The minimum Gasteiger partial charge on any atom is -0.339 e. The molecular weight excluding hydrogens is 206 g/mol. The first-order valence-electron chi connectivity index (χ1n) is 5.05. The Balaban J connectivity index is 2.20. The number of aromatic nitrogens is 4. The highest BCUT2D eigenvalue weighted by atomic mass is 16.5.